The van der Waals surface area contributed by atoms with Gasteiger partial charge in [-0.1, -0.05) is 0 Å². The first-order valence-corrected chi connectivity index (χ1v) is 6.25. The van der Waals surface area contributed by atoms with Crippen LogP contribution in [0.15, 0.2) is 18.2 Å². The van der Waals surface area contributed by atoms with Crippen LogP contribution >= 0.6 is 0 Å². The Morgan fingerprint density at radius 3 is 2.68 bits per heavy atom. The molecule has 0 aromatic heterocycles. The predicted octanol–water partition coefficient (Wildman–Crippen LogP) is 2.20. The van der Waals surface area contributed by atoms with Gasteiger partial charge < -0.3 is 14.7 Å². The fourth-order valence-corrected chi connectivity index (χ4v) is 1.65. The molecule has 0 spiro atoms. The van der Waals surface area contributed by atoms with Gasteiger partial charge in [-0.2, -0.15) is 0 Å². The molecule has 1 unspecified atom stereocenters. The second kappa shape index (κ2) is 6.94. The van der Waals surface area contributed by atoms with Gasteiger partial charge in [0.05, 0.1) is 23.7 Å². The number of hydrogen-bond donors (Lipinski definition) is 1. The number of anilines is 1. The summed E-state index contributed by atoms with van der Waals surface area (Å²) in [5.41, 5.74) is 0.711. The second-order valence-electron chi connectivity index (χ2n) is 4.43. The smallest absolute Gasteiger partial charge is 0.275 e. The summed E-state index contributed by atoms with van der Waals surface area (Å²) in [6.45, 7) is 4.62. The Hall–Kier alpha value is -1.82. The van der Waals surface area contributed by atoms with Crippen LogP contribution in [0, 0.1) is 10.1 Å². The Kier molecular flexibility index (Phi) is 5.57. The third-order valence-corrected chi connectivity index (χ3v) is 2.72. The zero-order chi connectivity index (χ0) is 14.4. The Morgan fingerprint density at radius 2 is 2.16 bits per heavy atom. The molecule has 6 heteroatoms. The molecule has 1 aromatic rings. The van der Waals surface area contributed by atoms with Crippen molar-refractivity contribution in [2.45, 2.75) is 26.4 Å². The molecule has 0 amide bonds. The van der Waals surface area contributed by atoms with Crippen molar-refractivity contribution < 1.29 is 14.8 Å². The molecular weight excluding hydrogens is 248 g/mol. The van der Waals surface area contributed by atoms with E-state index in [1.54, 1.807) is 13.0 Å². The van der Waals surface area contributed by atoms with Crippen molar-refractivity contribution in [3.63, 3.8) is 0 Å². The lowest BCUT2D eigenvalue weighted by Gasteiger charge is -2.20. The molecule has 0 heterocycles. The molecule has 1 N–H and O–H groups in total. The van der Waals surface area contributed by atoms with Gasteiger partial charge >= 0.3 is 0 Å². The van der Waals surface area contributed by atoms with Crippen LogP contribution in [0.25, 0.3) is 0 Å². The molecule has 1 atom stereocenters. The van der Waals surface area contributed by atoms with E-state index < -0.39 is 11.0 Å². The van der Waals surface area contributed by atoms with E-state index in [4.69, 9.17) is 4.74 Å². The maximum atomic E-state index is 10.9. The minimum Gasteiger partial charge on any atom is -0.494 e. The molecule has 0 aliphatic carbocycles. The summed E-state index contributed by atoms with van der Waals surface area (Å²) < 4.78 is 5.33. The number of nitro groups is 1. The fourth-order valence-electron chi connectivity index (χ4n) is 1.65. The van der Waals surface area contributed by atoms with E-state index in [0.29, 0.717) is 31.0 Å². The summed E-state index contributed by atoms with van der Waals surface area (Å²) in [6.07, 6.45) is 0.205. The van der Waals surface area contributed by atoms with E-state index >= 15 is 0 Å². The van der Waals surface area contributed by atoms with Crippen LogP contribution in [-0.4, -0.2) is 36.3 Å². The lowest BCUT2D eigenvalue weighted by Crippen LogP contribution is -2.21. The highest BCUT2D eigenvalue weighted by Gasteiger charge is 2.13. The number of nitro benzene ring substituents is 1. The van der Waals surface area contributed by atoms with E-state index in [9.17, 15) is 15.2 Å². The number of ether oxygens (including phenoxy) is 1. The predicted molar refractivity (Wildman–Crippen MR) is 73.8 cm³/mol. The first kappa shape index (κ1) is 15.2. The summed E-state index contributed by atoms with van der Waals surface area (Å²) >= 11 is 0. The Balaban J connectivity index is 2.94. The third kappa shape index (κ3) is 4.75. The van der Waals surface area contributed by atoms with Gasteiger partial charge in [0, 0.05) is 31.4 Å². The minimum atomic E-state index is -0.436. The number of aliphatic hydroxyl groups excluding tert-OH is 1. The number of non-ortho nitro benzene ring substituents is 1. The average molecular weight is 268 g/mol. The van der Waals surface area contributed by atoms with Crippen LogP contribution in [0.4, 0.5) is 11.4 Å². The van der Waals surface area contributed by atoms with E-state index in [1.165, 1.54) is 12.1 Å². The zero-order valence-electron chi connectivity index (χ0n) is 11.5. The van der Waals surface area contributed by atoms with Gasteiger partial charge in [0.1, 0.15) is 5.75 Å². The summed E-state index contributed by atoms with van der Waals surface area (Å²) in [6, 6.07) is 4.68. The molecule has 0 bridgehead atoms. The second-order valence-corrected chi connectivity index (χ2v) is 4.43. The summed E-state index contributed by atoms with van der Waals surface area (Å²) in [5, 5.41) is 20.2. The molecular formula is C13H20N2O4. The Morgan fingerprint density at radius 1 is 1.47 bits per heavy atom. The molecule has 0 radical (unpaired) electrons. The first-order chi connectivity index (χ1) is 8.93. The highest BCUT2D eigenvalue weighted by molar-refractivity contribution is 5.57. The zero-order valence-corrected chi connectivity index (χ0v) is 11.5. The number of benzene rings is 1. The molecule has 0 saturated carbocycles. The van der Waals surface area contributed by atoms with Gasteiger partial charge in [0.15, 0.2) is 0 Å². The highest BCUT2D eigenvalue weighted by atomic mass is 16.6. The van der Waals surface area contributed by atoms with E-state index in [2.05, 4.69) is 0 Å². The molecule has 106 valence electrons. The molecule has 1 rings (SSSR count). The van der Waals surface area contributed by atoms with Crippen molar-refractivity contribution in [3.05, 3.63) is 28.3 Å². The third-order valence-electron chi connectivity index (χ3n) is 2.72. The number of rotatable bonds is 7. The first-order valence-electron chi connectivity index (χ1n) is 6.25. The summed E-state index contributed by atoms with van der Waals surface area (Å²) in [5.74, 6) is 0.482. The van der Waals surface area contributed by atoms with Gasteiger partial charge in [-0.3, -0.25) is 10.1 Å². The normalized spacial score (nSPS) is 12.0. The van der Waals surface area contributed by atoms with Crippen LogP contribution in [0.1, 0.15) is 20.3 Å². The number of nitrogens with zero attached hydrogens (tertiary/aromatic N) is 2. The van der Waals surface area contributed by atoms with E-state index in [0.717, 1.165) is 0 Å². The van der Waals surface area contributed by atoms with Crippen molar-refractivity contribution in [2.24, 2.45) is 0 Å². The van der Waals surface area contributed by atoms with E-state index in [1.807, 2.05) is 18.9 Å². The van der Waals surface area contributed by atoms with Crippen molar-refractivity contribution in [1.82, 2.24) is 0 Å². The van der Waals surface area contributed by atoms with E-state index in [-0.39, 0.29) is 5.69 Å². The molecule has 0 aliphatic heterocycles. The van der Waals surface area contributed by atoms with Crippen molar-refractivity contribution in [1.29, 1.82) is 0 Å². The topological polar surface area (TPSA) is 75.8 Å². The van der Waals surface area contributed by atoms with Gasteiger partial charge in [0.2, 0.25) is 0 Å². The molecule has 19 heavy (non-hydrogen) atoms. The lowest BCUT2D eigenvalue weighted by atomic mass is 10.2. The van der Waals surface area contributed by atoms with Gasteiger partial charge in [0.25, 0.3) is 5.69 Å². The Bertz CT molecular complexity index is 435. The van der Waals surface area contributed by atoms with Crippen LogP contribution < -0.4 is 9.64 Å². The average Bonchev–Trinajstić information content (AvgIpc) is 2.35. The van der Waals surface area contributed by atoms with Crippen LogP contribution in [0.3, 0.4) is 0 Å². The quantitative estimate of drug-likeness (QED) is 0.606. The Labute approximate surface area is 112 Å². The largest absolute Gasteiger partial charge is 0.494 e. The maximum Gasteiger partial charge on any atom is 0.275 e. The standard InChI is InChI=1S/C13H20N2O4/c1-4-19-13-8-11(7-12(9-13)15(17)18)14(3)6-5-10(2)16/h7-10,16H,4-6H2,1-3H3. The number of hydrogen-bond acceptors (Lipinski definition) is 5. The van der Waals surface area contributed by atoms with Crippen LogP contribution in [0.2, 0.25) is 0 Å². The van der Waals surface area contributed by atoms with Crippen LogP contribution in [-0.2, 0) is 0 Å². The number of aliphatic hydroxyl groups is 1. The molecule has 0 aliphatic rings. The van der Waals surface area contributed by atoms with Crippen molar-refractivity contribution in [2.75, 3.05) is 25.1 Å². The molecule has 0 fully saturated rings. The fraction of sp³-hybridized carbons (Fsp3) is 0.538. The minimum absolute atomic E-state index is 0.00449. The maximum absolute atomic E-state index is 10.9. The van der Waals surface area contributed by atoms with Gasteiger partial charge in [-0.05, 0) is 20.3 Å². The molecule has 0 saturated heterocycles. The summed E-state index contributed by atoms with van der Waals surface area (Å²) in [7, 11) is 1.83. The molecule has 6 nitrogen and oxygen atoms in total. The SMILES string of the molecule is CCOc1cc(N(C)CCC(C)O)cc([N+](=O)[O-])c1. The van der Waals surface area contributed by atoms with Crippen LogP contribution in [0.5, 0.6) is 5.75 Å². The lowest BCUT2D eigenvalue weighted by molar-refractivity contribution is -0.384. The highest BCUT2D eigenvalue weighted by Crippen LogP contribution is 2.28. The van der Waals surface area contributed by atoms with Crippen molar-refractivity contribution >= 4 is 11.4 Å². The van der Waals surface area contributed by atoms with Gasteiger partial charge in [-0.15, -0.1) is 0 Å². The van der Waals surface area contributed by atoms with Gasteiger partial charge in [-0.25, -0.2) is 0 Å². The summed E-state index contributed by atoms with van der Waals surface area (Å²) in [4.78, 5) is 12.3. The van der Waals surface area contributed by atoms with Crippen molar-refractivity contribution in [3.8, 4) is 5.75 Å². The molecule has 1 aromatic carbocycles. The monoisotopic (exact) mass is 268 g/mol.